The predicted molar refractivity (Wildman–Crippen MR) is 148 cm³/mol. The minimum atomic E-state index is -0.113. The lowest BCUT2D eigenvalue weighted by molar-refractivity contribution is 0.505. The van der Waals surface area contributed by atoms with Gasteiger partial charge in [0.1, 0.15) is 0 Å². The molecule has 0 spiro atoms. The van der Waals surface area contributed by atoms with Gasteiger partial charge in [0.05, 0.1) is 23.4 Å². The van der Waals surface area contributed by atoms with Crippen molar-refractivity contribution in [2.45, 2.75) is 129 Å². The van der Waals surface area contributed by atoms with Crippen LogP contribution in [0.4, 0.5) is 0 Å². The molecule has 1 aromatic heterocycles. The van der Waals surface area contributed by atoms with Gasteiger partial charge in [-0.25, -0.2) is 4.68 Å². The monoisotopic (exact) mass is 486 g/mol. The van der Waals surface area contributed by atoms with E-state index in [2.05, 4.69) is 29.2 Å². The van der Waals surface area contributed by atoms with Crippen molar-refractivity contribution in [1.82, 2.24) is 15.0 Å². The van der Waals surface area contributed by atoms with E-state index in [4.69, 9.17) is 21.9 Å². The van der Waals surface area contributed by atoms with Gasteiger partial charge in [0.2, 0.25) is 0 Å². The molecule has 0 unspecified atom stereocenters. The van der Waals surface area contributed by atoms with E-state index in [1.54, 1.807) is 0 Å². The zero-order chi connectivity index (χ0) is 25.5. The van der Waals surface area contributed by atoms with E-state index in [1.165, 1.54) is 51.4 Å². The van der Waals surface area contributed by atoms with Gasteiger partial charge in [0.25, 0.3) is 0 Å². The topological polar surface area (TPSA) is 131 Å². The van der Waals surface area contributed by atoms with E-state index in [-0.39, 0.29) is 6.04 Å². The Morgan fingerprint density at radius 1 is 1.06 bits per heavy atom. The van der Waals surface area contributed by atoms with Crippen LogP contribution in [-0.4, -0.2) is 45.0 Å². The fourth-order valence-corrected chi connectivity index (χ4v) is 4.63. The average Bonchev–Trinajstić information content (AvgIpc) is 3.28. The van der Waals surface area contributed by atoms with Crippen LogP contribution in [-0.2, 0) is 6.42 Å². The zero-order valence-electron chi connectivity index (χ0n) is 22.5. The number of hydrogen-bond acceptors (Lipinski definition) is 5. The van der Waals surface area contributed by atoms with Crippen molar-refractivity contribution in [1.29, 1.82) is 5.41 Å². The smallest absolute Gasteiger partial charge is 0.0976 e. The summed E-state index contributed by atoms with van der Waals surface area (Å²) in [5, 5.41) is 16.5. The molecular weight excluding hydrogens is 436 g/mol. The van der Waals surface area contributed by atoms with Gasteiger partial charge in [-0.05, 0) is 52.9 Å². The fourth-order valence-electron chi connectivity index (χ4n) is 4.63. The quantitative estimate of drug-likeness (QED) is 0.201. The summed E-state index contributed by atoms with van der Waals surface area (Å²) in [7, 11) is 0. The van der Waals surface area contributed by atoms with Crippen molar-refractivity contribution in [2.75, 3.05) is 6.54 Å². The molecule has 1 saturated carbocycles. The lowest BCUT2D eigenvalue weighted by Gasteiger charge is -2.19. The molecule has 1 aliphatic rings. The van der Waals surface area contributed by atoms with Crippen molar-refractivity contribution in [3.05, 3.63) is 11.9 Å². The number of aliphatic imine (C=N–C) groups is 2. The Bertz CT molecular complexity index is 783. The van der Waals surface area contributed by atoms with E-state index in [0.717, 1.165) is 50.1 Å². The summed E-state index contributed by atoms with van der Waals surface area (Å²) in [6, 6.07) is 0.198. The first-order valence-corrected chi connectivity index (χ1v) is 13.9. The van der Waals surface area contributed by atoms with Gasteiger partial charge in [-0.2, -0.15) is 0 Å². The summed E-state index contributed by atoms with van der Waals surface area (Å²) >= 11 is 0. The summed E-state index contributed by atoms with van der Waals surface area (Å²) in [6.45, 7) is 6.72. The van der Waals surface area contributed by atoms with Gasteiger partial charge in [0.15, 0.2) is 0 Å². The Kier molecular flexibility index (Phi) is 13.6. The minimum absolute atomic E-state index is 0.113. The zero-order valence-corrected chi connectivity index (χ0v) is 22.5. The Morgan fingerprint density at radius 3 is 2.26 bits per heavy atom. The highest BCUT2D eigenvalue weighted by Gasteiger charge is 2.17. The minimum Gasteiger partial charge on any atom is -0.387 e. The van der Waals surface area contributed by atoms with E-state index in [1.807, 2.05) is 17.8 Å². The van der Waals surface area contributed by atoms with Gasteiger partial charge in [-0.1, -0.05) is 56.6 Å². The number of unbranched alkanes of at least 4 members (excludes halogenated alkanes) is 1. The maximum Gasteiger partial charge on any atom is 0.0976 e. The Labute approximate surface area is 213 Å². The second-order valence-electron chi connectivity index (χ2n) is 10.5. The molecule has 0 amide bonds. The van der Waals surface area contributed by atoms with Crippen molar-refractivity contribution in [3.63, 3.8) is 0 Å². The molecule has 0 radical (unpaired) electrons. The molecule has 1 fully saturated rings. The molecule has 1 aromatic rings. The largest absolute Gasteiger partial charge is 0.387 e. The molecule has 1 aliphatic carbocycles. The maximum atomic E-state index is 8.22. The highest BCUT2D eigenvalue weighted by atomic mass is 15.4. The van der Waals surface area contributed by atoms with Crippen LogP contribution in [0.2, 0.25) is 0 Å². The molecule has 8 heteroatoms. The molecule has 8 nitrogen and oxygen atoms in total. The molecule has 35 heavy (non-hydrogen) atoms. The number of hydrogen-bond donors (Lipinski definition) is 3. The molecule has 1 atom stereocenters. The van der Waals surface area contributed by atoms with Crippen LogP contribution >= 0.6 is 0 Å². The molecular formula is C27H50N8. The molecule has 0 aliphatic heterocycles. The van der Waals surface area contributed by atoms with Crippen molar-refractivity contribution < 1.29 is 0 Å². The number of aromatic nitrogens is 3. The normalized spacial score (nSPS) is 18.4. The SMILES string of the molecule is CC(=N)[C@H](CCCCN=C(N)CCc1cn(C(C)C)nn1)N=C(N)C1CCCCCCCCCC1. The standard InChI is InChI=1S/C27H50N8/c1-21(2)35-20-24(33-34-35)17-18-26(29)31-19-13-12-16-25(22(3)28)32-27(30)23-14-10-8-6-4-5-7-9-11-15-23/h20-21,23,25,28H,4-19H2,1-3H3,(H2,29,31)(H2,30,32)/t25-/m0/s1. The molecule has 0 saturated heterocycles. The van der Waals surface area contributed by atoms with Crippen LogP contribution in [0.5, 0.6) is 0 Å². The number of amidine groups is 2. The summed E-state index contributed by atoms with van der Waals surface area (Å²) in [5.74, 6) is 1.82. The number of nitrogens with zero attached hydrogens (tertiary/aromatic N) is 5. The number of rotatable bonds is 12. The van der Waals surface area contributed by atoms with Crippen LogP contribution in [0.15, 0.2) is 16.2 Å². The van der Waals surface area contributed by atoms with Crippen molar-refractivity contribution in [3.8, 4) is 0 Å². The van der Waals surface area contributed by atoms with Crippen LogP contribution in [0.1, 0.15) is 122 Å². The Balaban J connectivity index is 1.75. The molecule has 0 aromatic carbocycles. The Morgan fingerprint density at radius 2 is 1.69 bits per heavy atom. The van der Waals surface area contributed by atoms with Gasteiger partial charge in [-0.3, -0.25) is 9.98 Å². The fraction of sp³-hybridized carbons (Fsp3) is 0.815. The number of nitrogens with one attached hydrogen (secondary N) is 1. The third-order valence-electron chi connectivity index (χ3n) is 7.00. The van der Waals surface area contributed by atoms with E-state index in [0.29, 0.717) is 36.5 Å². The third kappa shape index (κ3) is 11.8. The van der Waals surface area contributed by atoms with Crippen LogP contribution in [0, 0.1) is 11.3 Å². The van der Waals surface area contributed by atoms with Crippen LogP contribution in [0.3, 0.4) is 0 Å². The number of aryl methyl sites for hydroxylation is 1. The van der Waals surface area contributed by atoms with Crippen molar-refractivity contribution >= 4 is 17.4 Å². The van der Waals surface area contributed by atoms with Crippen LogP contribution in [0.25, 0.3) is 0 Å². The highest BCUT2D eigenvalue weighted by molar-refractivity contribution is 5.89. The predicted octanol–water partition coefficient (Wildman–Crippen LogP) is 5.62. The third-order valence-corrected chi connectivity index (χ3v) is 7.00. The van der Waals surface area contributed by atoms with E-state index >= 15 is 0 Å². The summed E-state index contributed by atoms with van der Waals surface area (Å²) in [6.07, 6.45) is 19.0. The van der Waals surface area contributed by atoms with Crippen LogP contribution < -0.4 is 11.5 Å². The summed E-state index contributed by atoms with van der Waals surface area (Å²) in [4.78, 5) is 9.38. The van der Waals surface area contributed by atoms with Gasteiger partial charge < -0.3 is 16.9 Å². The molecule has 0 bridgehead atoms. The van der Waals surface area contributed by atoms with E-state index < -0.39 is 0 Å². The second kappa shape index (κ2) is 16.4. The summed E-state index contributed by atoms with van der Waals surface area (Å²) < 4.78 is 1.86. The van der Waals surface area contributed by atoms with E-state index in [9.17, 15) is 0 Å². The van der Waals surface area contributed by atoms with Gasteiger partial charge in [0, 0.05) is 43.3 Å². The Hall–Kier alpha value is -2.25. The first-order valence-electron chi connectivity index (χ1n) is 13.9. The lowest BCUT2D eigenvalue weighted by Crippen LogP contribution is -2.28. The summed E-state index contributed by atoms with van der Waals surface area (Å²) in [5.41, 5.74) is 14.2. The first-order chi connectivity index (χ1) is 16.9. The van der Waals surface area contributed by atoms with Crippen molar-refractivity contribution in [2.24, 2.45) is 27.4 Å². The second-order valence-corrected chi connectivity index (χ2v) is 10.5. The lowest BCUT2D eigenvalue weighted by atomic mass is 9.94. The first kappa shape index (κ1) is 29.0. The maximum absolute atomic E-state index is 8.22. The molecule has 5 N–H and O–H groups in total. The van der Waals surface area contributed by atoms with Gasteiger partial charge >= 0.3 is 0 Å². The number of nitrogens with two attached hydrogens (primary N) is 2. The average molecular weight is 487 g/mol. The molecule has 198 valence electrons. The molecule has 1 heterocycles. The van der Waals surface area contributed by atoms with Gasteiger partial charge in [-0.15, -0.1) is 5.10 Å². The highest BCUT2D eigenvalue weighted by Crippen LogP contribution is 2.22. The molecule has 2 rings (SSSR count).